The quantitative estimate of drug-likeness (QED) is 0.867. The maximum Gasteiger partial charge on any atom is 0.216 e. The van der Waals surface area contributed by atoms with Crippen LogP contribution in [0.3, 0.4) is 0 Å². The van der Waals surface area contributed by atoms with Gasteiger partial charge in [-0.2, -0.15) is 6.20 Å². The molecular weight excluding hydrogens is 216 g/mol. The number of carbonyl (C=O) groups is 1. The Bertz CT molecular complexity index is 531. The van der Waals surface area contributed by atoms with Gasteiger partial charge in [-0.25, -0.2) is 0 Å². The lowest BCUT2D eigenvalue weighted by Gasteiger charge is -2.05. The predicted octanol–water partition coefficient (Wildman–Crippen LogP) is 1.48. The fraction of sp³-hybridized carbons (Fsp3) is 0.308. The van der Waals surface area contributed by atoms with Crippen molar-refractivity contribution in [2.24, 2.45) is 0 Å². The minimum absolute atomic E-state index is 0.00796. The van der Waals surface area contributed by atoms with E-state index in [0.717, 1.165) is 28.6 Å². The molecule has 0 aliphatic heterocycles. The summed E-state index contributed by atoms with van der Waals surface area (Å²) >= 11 is 0. The minimum Gasteiger partial charge on any atom is -0.663 e. The van der Waals surface area contributed by atoms with Crippen LogP contribution in [0.15, 0.2) is 24.4 Å². The van der Waals surface area contributed by atoms with E-state index >= 15 is 0 Å². The Kier molecular flexibility index (Phi) is 3.32. The van der Waals surface area contributed by atoms with Crippen LogP contribution in [0.5, 0.6) is 5.75 Å². The highest BCUT2D eigenvalue weighted by Crippen LogP contribution is 2.23. The summed E-state index contributed by atoms with van der Waals surface area (Å²) in [5.74, 6) is 0.817. The van der Waals surface area contributed by atoms with Crippen LogP contribution in [0, 0.1) is 0 Å². The standard InChI is InChI=1S/C13H15N2O2/c1-9(16)14-6-5-10-8-15-13-4-3-11(17-2)7-12(10)13/h3-4,7-8H,5-6H2,1-2H3,(H,14,16)/q-1. The molecule has 90 valence electrons. The number of ether oxygens (including phenoxy) is 1. The third kappa shape index (κ3) is 2.58. The van der Waals surface area contributed by atoms with E-state index in [-0.39, 0.29) is 5.91 Å². The van der Waals surface area contributed by atoms with E-state index in [9.17, 15) is 4.79 Å². The number of aromatic nitrogens is 1. The Morgan fingerprint density at radius 3 is 3.00 bits per heavy atom. The Hall–Kier alpha value is -1.97. The first-order chi connectivity index (χ1) is 8.20. The Labute approximate surface area is 100.0 Å². The number of carbonyl (C=O) groups excluding carboxylic acids is 1. The van der Waals surface area contributed by atoms with Crippen LogP contribution < -0.4 is 15.0 Å². The predicted molar refractivity (Wildman–Crippen MR) is 66.2 cm³/mol. The van der Waals surface area contributed by atoms with Gasteiger partial charge in [0.15, 0.2) is 0 Å². The molecule has 4 nitrogen and oxygen atoms in total. The molecule has 0 radical (unpaired) electrons. The van der Waals surface area contributed by atoms with Crippen LogP contribution in [0.25, 0.3) is 10.9 Å². The Morgan fingerprint density at radius 1 is 1.47 bits per heavy atom. The van der Waals surface area contributed by atoms with Gasteiger partial charge in [0.1, 0.15) is 5.75 Å². The smallest absolute Gasteiger partial charge is 0.216 e. The van der Waals surface area contributed by atoms with Gasteiger partial charge in [0, 0.05) is 13.5 Å². The molecule has 0 spiro atoms. The van der Waals surface area contributed by atoms with Crippen molar-refractivity contribution in [2.75, 3.05) is 13.7 Å². The van der Waals surface area contributed by atoms with E-state index < -0.39 is 0 Å². The zero-order valence-corrected chi connectivity index (χ0v) is 9.99. The molecule has 0 aliphatic carbocycles. The van der Waals surface area contributed by atoms with Gasteiger partial charge >= 0.3 is 0 Å². The van der Waals surface area contributed by atoms with Gasteiger partial charge in [-0.1, -0.05) is 11.6 Å². The van der Waals surface area contributed by atoms with Gasteiger partial charge in [0.25, 0.3) is 0 Å². The van der Waals surface area contributed by atoms with E-state index in [4.69, 9.17) is 4.74 Å². The topological polar surface area (TPSA) is 52.4 Å². The highest BCUT2D eigenvalue weighted by atomic mass is 16.5. The normalized spacial score (nSPS) is 10.5. The maximum absolute atomic E-state index is 10.8. The molecule has 1 aromatic carbocycles. The van der Waals surface area contributed by atoms with Crippen molar-refractivity contribution < 1.29 is 9.53 Å². The summed E-state index contributed by atoms with van der Waals surface area (Å²) in [6.45, 7) is 2.15. The second-order valence-corrected chi connectivity index (χ2v) is 3.90. The molecule has 1 N–H and O–H groups in total. The molecule has 0 saturated heterocycles. The number of rotatable bonds is 4. The molecule has 0 aliphatic rings. The summed E-state index contributed by atoms with van der Waals surface area (Å²) in [5, 5.41) is 3.87. The van der Waals surface area contributed by atoms with Crippen molar-refractivity contribution in [3.63, 3.8) is 0 Å². The van der Waals surface area contributed by atoms with E-state index in [1.54, 1.807) is 7.11 Å². The largest absolute Gasteiger partial charge is 0.663 e. The van der Waals surface area contributed by atoms with Gasteiger partial charge in [-0.3, -0.25) is 4.79 Å². The molecule has 0 saturated carbocycles. The number of methoxy groups -OCH3 is 1. The molecule has 17 heavy (non-hydrogen) atoms. The van der Waals surface area contributed by atoms with Crippen molar-refractivity contribution in [2.45, 2.75) is 13.3 Å². The summed E-state index contributed by atoms with van der Waals surface area (Å²) in [5.41, 5.74) is 2.09. The highest BCUT2D eigenvalue weighted by molar-refractivity contribution is 5.84. The van der Waals surface area contributed by atoms with Gasteiger partial charge in [-0.15, -0.1) is 5.52 Å². The fourth-order valence-electron chi connectivity index (χ4n) is 1.80. The first kappa shape index (κ1) is 11.5. The van der Waals surface area contributed by atoms with Gasteiger partial charge < -0.3 is 15.0 Å². The Morgan fingerprint density at radius 2 is 2.29 bits per heavy atom. The molecular formula is C13H15N2O2-. The molecule has 1 aromatic heterocycles. The lowest BCUT2D eigenvalue weighted by atomic mass is 10.1. The summed E-state index contributed by atoms with van der Waals surface area (Å²) in [6.07, 6.45) is 2.63. The second kappa shape index (κ2) is 4.91. The van der Waals surface area contributed by atoms with Crippen molar-refractivity contribution in [3.05, 3.63) is 30.0 Å². The van der Waals surface area contributed by atoms with Crippen LogP contribution in [-0.4, -0.2) is 19.6 Å². The zero-order chi connectivity index (χ0) is 12.3. The summed E-state index contributed by atoms with van der Waals surface area (Å²) < 4.78 is 5.19. The molecule has 0 fully saturated rings. The molecule has 0 unspecified atom stereocenters. The average molecular weight is 231 g/mol. The van der Waals surface area contributed by atoms with Gasteiger partial charge in [0.2, 0.25) is 5.91 Å². The number of hydrogen-bond acceptors (Lipinski definition) is 2. The zero-order valence-electron chi connectivity index (χ0n) is 9.99. The molecule has 2 rings (SSSR count). The van der Waals surface area contributed by atoms with E-state index in [2.05, 4.69) is 10.3 Å². The third-order valence-electron chi connectivity index (χ3n) is 2.68. The number of benzene rings is 1. The molecule has 4 heteroatoms. The Balaban J connectivity index is 2.19. The van der Waals surface area contributed by atoms with Crippen LogP contribution >= 0.6 is 0 Å². The van der Waals surface area contributed by atoms with Gasteiger partial charge in [0.05, 0.1) is 7.11 Å². The molecule has 0 bridgehead atoms. The van der Waals surface area contributed by atoms with Crippen LogP contribution in [0.1, 0.15) is 12.5 Å². The van der Waals surface area contributed by atoms with E-state index in [0.29, 0.717) is 6.54 Å². The third-order valence-corrected chi connectivity index (χ3v) is 2.68. The van der Waals surface area contributed by atoms with E-state index in [1.807, 2.05) is 24.4 Å². The lowest BCUT2D eigenvalue weighted by Crippen LogP contribution is -2.22. The SMILES string of the molecule is COc1ccc2[n-]cc(CCNC(C)=O)c2c1. The number of nitrogens with zero attached hydrogens (tertiary/aromatic N) is 1. The highest BCUT2D eigenvalue weighted by Gasteiger charge is 2.00. The monoisotopic (exact) mass is 231 g/mol. The number of nitrogens with one attached hydrogen (secondary N) is 1. The molecule has 1 heterocycles. The summed E-state index contributed by atoms with van der Waals surface area (Å²) in [4.78, 5) is 15.1. The fourth-order valence-corrected chi connectivity index (χ4v) is 1.80. The molecule has 0 atom stereocenters. The maximum atomic E-state index is 10.8. The average Bonchev–Trinajstić information content (AvgIpc) is 2.71. The first-order valence-corrected chi connectivity index (χ1v) is 5.53. The van der Waals surface area contributed by atoms with E-state index in [1.165, 1.54) is 6.92 Å². The first-order valence-electron chi connectivity index (χ1n) is 5.53. The van der Waals surface area contributed by atoms with Crippen LogP contribution in [-0.2, 0) is 11.2 Å². The minimum atomic E-state index is -0.00796. The van der Waals surface area contributed by atoms with Crippen LogP contribution in [0.4, 0.5) is 0 Å². The van der Waals surface area contributed by atoms with Crippen LogP contribution in [0.2, 0.25) is 0 Å². The van der Waals surface area contributed by atoms with Crippen molar-refractivity contribution >= 4 is 16.8 Å². The molecule has 2 aromatic rings. The summed E-state index contributed by atoms with van der Waals surface area (Å²) in [7, 11) is 1.65. The van der Waals surface area contributed by atoms with Crippen molar-refractivity contribution in [3.8, 4) is 5.75 Å². The second-order valence-electron chi connectivity index (χ2n) is 3.90. The number of amides is 1. The van der Waals surface area contributed by atoms with Crippen molar-refractivity contribution in [1.29, 1.82) is 0 Å². The summed E-state index contributed by atoms with van der Waals surface area (Å²) in [6, 6.07) is 5.81. The number of hydrogen-bond donors (Lipinski definition) is 1. The van der Waals surface area contributed by atoms with Crippen molar-refractivity contribution in [1.82, 2.24) is 10.3 Å². The van der Waals surface area contributed by atoms with Gasteiger partial charge in [-0.05, 0) is 23.9 Å². The number of fused-ring (bicyclic) bond motifs is 1. The molecule has 1 amide bonds. The lowest BCUT2D eigenvalue weighted by molar-refractivity contribution is -0.118.